The lowest BCUT2D eigenvalue weighted by molar-refractivity contribution is -0.388. The van der Waals surface area contributed by atoms with Gasteiger partial charge in [-0.2, -0.15) is 0 Å². The van der Waals surface area contributed by atoms with Crippen LogP contribution in [0.25, 0.3) is 0 Å². The second-order valence-electron chi connectivity index (χ2n) is 21.2. The van der Waals surface area contributed by atoms with Gasteiger partial charge in [-0.25, -0.2) is 0 Å². The normalized spacial score (nSPS) is 58.9. The fraction of sp³-hybridized carbons (Fsp3) is 1.00. The van der Waals surface area contributed by atoms with Gasteiger partial charge >= 0.3 is 0 Å². The molecule has 9 rings (SSSR count). The first-order valence-electron chi connectivity index (χ1n) is 23.3. The van der Waals surface area contributed by atoms with Crippen molar-refractivity contribution >= 4 is 0 Å². The lowest BCUT2D eigenvalue weighted by Gasteiger charge is -2.62. The number of fused-ring (bicyclic) bond motifs is 7. The van der Waals surface area contributed by atoms with E-state index in [0.717, 1.165) is 51.4 Å². The van der Waals surface area contributed by atoms with Crippen molar-refractivity contribution in [3.63, 3.8) is 0 Å². The van der Waals surface area contributed by atoms with Gasteiger partial charge in [0, 0.05) is 17.8 Å². The Hall–Kier alpha value is -0.720. The van der Waals surface area contributed by atoms with Crippen molar-refractivity contribution in [3.8, 4) is 0 Å². The first-order chi connectivity index (χ1) is 29.4. The minimum Gasteiger partial charge on any atom is -0.394 e. The van der Waals surface area contributed by atoms with E-state index in [1.165, 1.54) is 0 Å². The molecule has 5 heterocycles. The van der Waals surface area contributed by atoms with E-state index in [4.69, 9.17) is 37.9 Å². The van der Waals surface area contributed by atoms with Crippen LogP contribution in [-0.4, -0.2) is 187 Å². The Labute approximate surface area is 362 Å². The van der Waals surface area contributed by atoms with Crippen molar-refractivity contribution in [2.24, 2.45) is 46.3 Å². The predicted molar refractivity (Wildman–Crippen MR) is 211 cm³/mol. The van der Waals surface area contributed by atoms with Crippen molar-refractivity contribution in [3.05, 3.63) is 0 Å². The van der Waals surface area contributed by atoms with E-state index in [9.17, 15) is 51.1 Å². The van der Waals surface area contributed by atoms with Gasteiger partial charge < -0.3 is 89.0 Å². The summed E-state index contributed by atoms with van der Waals surface area (Å²) in [6, 6.07) is 0. The third-order valence-corrected chi connectivity index (χ3v) is 18.1. The topological polar surface area (TPSA) is 276 Å². The molecular formula is C44H72O18. The van der Waals surface area contributed by atoms with Crippen LogP contribution in [0.4, 0.5) is 0 Å². The molecule has 1 spiro atoms. The van der Waals surface area contributed by atoms with Gasteiger partial charge in [-0.05, 0) is 92.8 Å². The highest BCUT2D eigenvalue weighted by atomic mass is 16.8. The van der Waals surface area contributed by atoms with Crippen LogP contribution in [0, 0.1) is 46.3 Å². The van der Waals surface area contributed by atoms with Crippen molar-refractivity contribution in [2.75, 3.05) is 26.4 Å². The largest absolute Gasteiger partial charge is 0.394 e. The van der Waals surface area contributed by atoms with E-state index in [2.05, 4.69) is 27.7 Å². The summed E-state index contributed by atoms with van der Waals surface area (Å²) in [7, 11) is 0. The van der Waals surface area contributed by atoms with Crippen LogP contribution >= 0.6 is 0 Å². The van der Waals surface area contributed by atoms with E-state index >= 15 is 0 Å². The maximum Gasteiger partial charge on any atom is 0.187 e. The van der Waals surface area contributed by atoms with Gasteiger partial charge in [0.2, 0.25) is 0 Å². The van der Waals surface area contributed by atoms with Gasteiger partial charge in [-0.3, -0.25) is 0 Å². The molecule has 62 heavy (non-hydrogen) atoms. The van der Waals surface area contributed by atoms with E-state index in [-0.39, 0.29) is 35.6 Å². The fourth-order valence-electron chi connectivity index (χ4n) is 14.3. The summed E-state index contributed by atoms with van der Waals surface area (Å²) >= 11 is 0. The Morgan fingerprint density at radius 2 is 1.34 bits per heavy atom. The molecule has 0 aromatic heterocycles. The molecule has 9 aliphatic rings. The predicted octanol–water partition coefficient (Wildman–Crippen LogP) is -0.980. The van der Waals surface area contributed by atoms with E-state index in [1.54, 1.807) is 0 Å². The van der Waals surface area contributed by atoms with Gasteiger partial charge in [0.15, 0.2) is 24.7 Å². The molecule has 0 radical (unpaired) electrons. The smallest absolute Gasteiger partial charge is 0.187 e. The second kappa shape index (κ2) is 17.1. The number of aliphatic hydroxyl groups is 10. The number of hydrogen-bond donors (Lipinski definition) is 10. The van der Waals surface area contributed by atoms with Crippen molar-refractivity contribution in [1.82, 2.24) is 0 Å². The third-order valence-electron chi connectivity index (χ3n) is 18.1. The van der Waals surface area contributed by atoms with Gasteiger partial charge in [-0.1, -0.05) is 27.7 Å². The molecule has 0 amide bonds. The quantitative estimate of drug-likeness (QED) is 0.131. The maximum atomic E-state index is 12.8. The molecule has 356 valence electrons. The summed E-state index contributed by atoms with van der Waals surface area (Å²) in [6.45, 7) is 7.94. The fourth-order valence-corrected chi connectivity index (χ4v) is 14.3. The molecule has 0 aromatic rings. The summed E-state index contributed by atoms with van der Waals surface area (Å²) in [4.78, 5) is 0. The Morgan fingerprint density at radius 3 is 2.05 bits per heavy atom. The molecular weight excluding hydrogens is 816 g/mol. The second-order valence-corrected chi connectivity index (χ2v) is 21.2. The highest BCUT2D eigenvalue weighted by Crippen LogP contribution is 2.72. The molecule has 0 aromatic carbocycles. The molecule has 26 atom stereocenters. The minimum absolute atomic E-state index is 0.00541. The molecule has 9 fully saturated rings. The Morgan fingerprint density at radius 1 is 0.629 bits per heavy atom. The van der Waals surface area contributed by atoms with Crippen LogP contribution in [0.15, 0.2) is 0 Å². The third kappa shape index (κ3) is 7.20. The van der Waals surface area contributed by atoms with Crippen molar-refractivity contribution < 1.29 is 89.0 Å². The Bertz CT molecular complexity index is 1570. The molecule has 10 N–H and O–H groups in total. The lowest BCUT2D eigenvalue weighted by atomic mass is 9.44. The average molecular weight is 889 g/mol. The van der Waals surface area contributed by atoms with E-state index in [0.29, 0.717) is 49.0 Å². The first kappa shape index (κ1) is 46.4. The van der Waals surface area contributed by atoms with E-state index < -0.39 is 111 Å². The average Bonchev–Trinajstić information content (AvgIpc) is 3.61. The number of ether oxygens (including phenoxy) is 8. The van der Waals surface area contributed by atoms with Crippen LogP contribution in [0.3, 0.4) is 0 Å². The summed E-state index contributed by atoms with van der Waals surface area (Å²) in [6.07, 6.45) is -13.8. The molecule has 18 nitrogen and oxygen atoms in total. The Balaban J connectivity index is 0.906. The van der Waals surface area contributed by atoms with Gasteiger partial charge in [-0.15, -0.1) is 0 Å². The van der Waals surface area contributed by atoms with Crippen LogP contribution in [0.5, 0.6) is 0 Å². The Kier molecular flexibility index (Phi) is 12.8. The number of hydrogen-bond acceptors (Lipinski definition) is 18. The molecule has 4 aliphatic carbocycles. The summed E-state index contributed by atoms with van der Waals surface area (Å²) in [5.41, 5.74) is -1.25. The van der Waals surface area contributed by atoms with Crippen molar-refractivity contribution in [2.45, 2.75) is 202 Å². The molecule has 0 bridgehead atoms. The first-order valence-corrected chi connectivity index (χ1v) is 23.3. The molecule has 5 saturated heterocycles. The van der Waals surface area contributed by atoms with Gasteiger partial charge in [0.25, 0.3) is 0 Å². The highest BCUT2D eigenvalue weighted by molar-refractivity contribution is 5.23. The van der Waals surface area contributed by atoms with Gasteiger partial charge in [0.05, 0.1) is 38.6 Å². The highest BCUT2D eigenvalue weighted by Gasteiger charge is 2.76. The summed E-state index contributed by atoms with van der Waals surface area (Å²) in [5.74, 6) is 1.12. The zero-order valence-corrected chi connectivity index (χ0v) is 36.3. The SMILES string of the molecule is CC1CCC2(OC1)OC1CC3C4CCC5CC(OC6OC(CO)C(OC7OCC(O)C(O)C7O)C(O)C6OC6OC(CO)C(O)C(O)C6O)CCC5(C)C4CCC3(C)C1(O)C2C. The van der Waals surface area contributed by atoms with Crippen molar-refractivity contribution in [1.29, 1.82) is 0 Å². The van der Waals surface area contributed by atoms with Gasteiger partial charge in [0.1, 0.15) is 72.7 Å². The van der Waals surface area contributed by atoms with Crippen LogP contribution < -0.4 is 0 Å². The van der Waals surface area contributed by atoms with E-state index in [1.807, 2.05) is 0 Å². The lowest BCUT2D eigenvalue weighted by Crippen LogP contribution is -2.66. The standard InChI is InChI=1S/C44H72O18/c1-19-7-12-43(56-17-19)20(2)44(54)29(62-43)14-25-23-6-5-21-13-22(8-10-41(21,3)24(23)9-11-42(25,44)4)57-40-37(61-39-34(52)32(50)31(49)27(15-45)58-39)35(53)36(28(16-46)59-40)60-38-33(51)30(48)26(47)18-55-38/h19-40,45-54H,5-18H2,1-4H3. The van der Waals surface area contributed by atoms with Crippen LogP contribution in [0.1, 0.15) is 91.9 Å². The summed E-state index contributed by atoms with van der Waals surface area (Å²) < 4.78 is 49.3. The zero-order chi connectivity index (χ0) is 44.3. The number of aliphatic hydroxyl groups excluding tert-OH is 9. The molecule has 4 saturated carbocycles. The zero-order valence-electron chi connectivity index (χ0n) is 36.3. The van der Waals surface area contributed by atoms with Crippen LogP contribution in [0.2, 0.25) is 0 Å². The minimum atomic E-state index is -1.82. The molecule has 18 heteroatoms. The number of rotatable bonds is 8. The maximum absolute atomic E-state index is 12.8. The summed E-state index contributed by atoms with van der Waals surface area (Å²) in [5, 5.41) is 108. The molecule has 26 unspecified atom stereocenters. The molecule has 5 aliphatic heterocycles. The van der Waals surface area contributed by atoms with Crippen LogP contribution in [-0.2, 0) is 37.9 Å². The monoisotopic (exact) mass is 888 g/mol.